The Kier molecular flexibility index (Phi) is 4.23. The average molecular weight is 285 g/mol. The van der Waals surface area contributed by atoms with Gasteiger partial charge in [-0.1, -0.05) is 0 Å². The van der Waals surface area contributed by atoms with Crippen molar-refractivity contribution in [2.24, 2.45) is 0 Å². The van der Waals surface area contributed by atoms with E-state index in [-0.39, 0.29) is 18.2 Å². The van der Waals surface area contributed by atoms with Crippen molar-refractivity contribution >= 4 is 17.7 Å². The number of thioether (sulfide) groups is 1. The topological polar surface area (TPSA) is 73.9 Å². The van der Waals surface area contributed by atoms with Gasteiger partial charge in [-0.15, -0.1) is 0 Å². The predicted molar refractivity (Wildman–Crippen MR) is 73.1 cm³/mol. The van der Waals surface area contributed by atoms with Crippen molar-refractivity contribution in [3.63, 3.8) is 0 Å². The minimum Gasteiger partial charge on any atom is -0.455 e. The number of β-amino-alcohol motifs (C(OH)–C–C–N with tert-alkyl or cyclic N) is 1. The Morgan fingerprint density at radius 2 is 2.37 bits per heavy atom. The van der Waals surface area contributed by atoms with Crippen LogP contribution in [0.15, 0.2) is 16.5 Å². The second-order valence-corrected chi connectivity index (χ2v) is 5.94. The molecule has 1 saturated heterocycles. The fourth-order valence-corrected chi connectivity index (χ4v) is 2.52. The Morgan fingerprint density at radius 3 is 3.00 bits per heavy atom. The SMILES string of the molecule is CSCc1ccc(C(=O)N2CCC(C)(O)C(O)C2)o1. The van der Waals surface area contributed by atoms with E-state index in [9.17, 15) is 15.0 Å². The summed E-state index contributed by atoms with van der Waals surface area (Å²) < 4.78 is 5.47. The number of likely N-dealkylation sites (tertiary alicyclic amines) is 1. The van der Waals surface area contributed by atoms with Crippen molar-refractivity contribution in [3.8, 4) is 0 Å². The van der Waals surface area contributed by atoms with Gasteiger partial charge in [0.2, 0.25) is 0 Å². The first-order valence-corrected chi connectivity index (χ1v) is 7.61. The molecule has 0 saturated carbocycles. The largest absolute Gasteiger partial charge is 0.455 e. The highest BCUT2D eigenvalue weighted by Crippen LogP contribution is 2.24. The number of carbonyl (C=O) groups is 1. The summed E-state index contributed by atoms with van der Waals surface area (Å²) in [6.45, 7) is 2.13. The molecule has 0 radical (unpaired) electrons. The van der Waals surface area contributed by atoms with E-state index < -0.39 is 11.7 Å². The molecule has 1 amide bonds. The van der Waals surface area contributed by atoms with E-state index in [2.05, 4.69) is 0 Å². The molecule has 0 aliphatic carbocycles. The van der Waals surface area contributed by atoms with Crippen LogP contribution in [0.4, 0.5) is 0 Å². The maximum Gasteiger partial charge on any atom is 0.289 e. The molecule has 1 aliphatic heterocycles. The van der Waals surface area contributed by atoms with Crippen LogP contribution >= 0.6 is 11.8 Å². The van der Waals surface area contributed by atoms with Crippen LogP contribution in [0, 0.1) is 0 Å². The van der Waals surface area contributed by atoms with Gasteiger partial charge in [0.05, 0.1) is 17.5 Å². The Bertz CT molecular complexity index is 457. The van der Waals surface area contributed by atoms with Crippen LogP contribution in [0.3, 0.4) is 0 Å². The molecule has 2 atom stereocenters. The number of aliphatic hydroxyl groups excluding tert-OH is 1. The Hall–Kier alpha value is -0.980. The van der Waals surface area contributed by atoms with Crippen molar-refractivity contribution in [2.45, 2.75) is 30.8 Å². The molecule has 1 aromatic rings. The third-order valence-electron chi connectivity index (χ3n) is 3.45. The first-order chi connectivity index (χ1) is 8.94. The van der Waals surface area contributed by atoms with Crippen LogP contribution in [0.5, 0.6) is 0 Å². The Labute approximate surface area is 116 Å². The van der Waals surface area contributed by atoms with Crippen LogP contribution in [0.25, 0.3) is 0 Å². The number of aliphatic hydroxyl groups is 2. The molecule has 2 rings (SSSR count). The fourth-order valence-electron chi connectivity index (χ4n) is 2.08. The molecule has 0 bridgehead atoms. The monoisotopic (exact) mass is 285 g/mol. The number of hydrogen-bond acceptors (Lipinski definition) is 5. The van der Waals surface area contributed by atoms with Crippen molar-refractivity contribution in [2.75, 3.05) is 19.3 Å². The summed E-state index contributed by atoms with van der Waals surface area (Å²) in [7, 11) is 0. The van der Waals surface area contributed by atoms with Gasteiger partial charge in [0.15, 0.2) is 5.76 Å². The summed E-state index contributed by atoms with van der Waals surface area (Å²) in [6, 6.07) is 3.45. The van der Waals surface area contributed by atoms with Gasteiger partial charge in [-0.2, -0.15) is 11.8 Å². The quantitative estimate of drug-likeness (QED) is 0.870. The van der Waals surface area contributed by atoms with E-state index >= 15 is 0 Å². The number of nitrogens with zero attached hydrogens (tertiary/aromatic N) is 1. The predicted octanol–water partition coefficient (Wildman–Crippen LogP) is 1.10. The van der Waals surface area contributed by atoms with Crippen molar-refractivity contribution in [1.29, 1.82) is 0 Å². The van der Waals surface area contributed by atoms with Crippen molar-refractivity contribution in [1.82, 2.24) is 4.90 Å². The minimum atomic E-state index is -1.12. The van der Waals surface area contributed by atoms with Gasteiger partial charge >= 0.3 is 0 Å². The molecule has 6 heteroatoms. The molecule has 19 heavy (non-hydrogen) atoms. The van der Waals surface area contributed by atoms with E-state index in [0.29, 0.717) is 13.0 Å². The van der Waals surface area contributed by atoms with Crippen LogP contribution in [-0.2, 0) is 5.75 Å². The van der Waals surface area contributed by atoms with Crippen molar-refractivity contribution in [3.05, 3.63) is 23.7 Å². The molecule has 2 N–H and O–H groups in total. The fraction of sp³-hybridized carbons (Fsp3) is 0.615. The average Bonchev–Trinajstić information content (AvgIpc) is 2.81. The summed E-state index contributed by atoms with van der Waals surface area (Å²) in [6.07, 6.45) is 1.40. The molecule has 0 aromatic carbocycles. The third kappa shape index (κ3) is 3.13. The molecular weight excluding hydrogens is 266 g/mol. The van der Waals surface area contributed by atoms with Gasteiger partial charge in [0, 0.05) is 13.1 Å². The minimum absolute atomic E-state index is 0.129. The number of rotatable bonds is 3. The van der Waals surface area contributed by atoms with Gasteiger partial charge in [0.25, 0.3) is 5.91 Å². The lowest BCUT2D eigenvalue weighted by Crippen LogP contribution is -2.55. The third-order valence-corrected chi connectivity index (χ3v) is 4.02. The lowest BCUT2D eigenvalue weighted by molar-refractivity contribution is -0.100. The van der Waals surface area contributed by atoms with Crippen LogP contribution < -0.4 is 0 Å². The number of furan rings is 1. The number of carbonyl (C=O) groups excluding carboxylic acids is 1. The van der Waals surface area contributed by atoms with Gasteiger partial charge in [-0.05, 0) is 31.7 Å². The number of piperidine rings is 1. The maximum absolute atomic E-state index is 12.2. The highest BCUT2D eigenvalue weighted by atomic mass is 32.2. The molecule has 106 valence electrons. The van der Waals surface area contributed by atoms with Crippen LogP contribution in [0.2, 0.25) is 0 Å². The van der Waals surface area contributed by atoms with E-state index in [1.165, 1.54) is 4.90 Å². The zero-order valence-electron chi connectivity index (χ0n) is 11.1. The zero-order chi connectivity index (χ0) is 14.0. The first-order valence-electron chi connectivity index (χ1n) is 6.21. The summed E-state index contributed by atoms with van der Waals surface area (Å²) in [4.78, 5) is 13.7. The van der Waals surface area contributed by atoms with Crippen LogP contribution in [0.1, 0.15) is 29.7 Å². The van der Waals surface area contributed by atoms with Gasteiger partial charge in [0.1, 0.15) is 5.76 Å². The molecule has 1 fully saturated rings. The second kappa shape index (κ2) is 5.56. The van der Waals surface area contributed by atoms with Crippen LogP contribution in [-0.4, -0.2) is 52.1 Å². The van der Waals surface area contributed by atoms with Gasteiger partial charge in [-0.25, -0.2) is 0 Å². The highest BCUT2D eigenvalue weighted by molar-refractivity contribution is 7.97. The highest BCUT2D eigenvalue weighted by Gasteiger charge is 2.38. The molecule has 0 spiro atoms. The molecule has 1 aromatic heterocycles. The molecule has 1 aliphatic rings. The summed E-state index contributed by atoms with van der Waals surface area (Å²) >= 11 is 1.62. The molecular formula is C13H19NO4S. The molecule has 2 heterocycles. The smallest absolute Gasteiger partial charge is 0.289 e. The van der Waals surface area contributed by atoms with Gasteiger partial charge < -0.3 is 19.5 Å². The van der Waals surface area contributed by atoms with E-state index in [0.717, 1.165) is 11.5 Å². The van der Waals surface area contributed by atoms with Gasteiger partial charge in [-0.3, -0.25) is 4.79 Å². The normalized spacial score (nSPS) is 27.6. The number of amides is 1. The summed E-state index contributed by atoms with van der Waals surface area (Å²) in [5.41, 5.74) is -1.12. The summed E-state index contributed by atoms with van der Waals surface area (Å²) in [5, 5.41) is 19.7. The first kappa shape index (κ1) is 14.4. The van der Waals surface area contributed by atoms with Crippen molar-refractivity contribution < 1.29 is 19.4 Å². The standard InChI is InChI=1S/C13H19NO4S/c1-13(17)5-6-14(7-11(13)15)12(16)10-4-3-9(18-10)8-19-2/h3-4,11,15,17H,5-8H2,1-2H3. The Balaban J connectivity index is 2.03. The Morgan fingerprint density at radius 1 is 1.63 bits per heavy atom. The molecule has 2 unspecified atom stereocenters. The van der Waals surface area contributed by atoms with E-state index in [1.54, 1.807) is 30.8 Å². The molecule has 5 nitrogen and oxygen atoms in total. The van der Waals surface area contributed by atoms with E-state index in [1.807, 2.05) is 6.26 Å². The lowest BCUT2D eigenvalue weighted by Gasteiger charge is -2.39. The lowest BCUT2D eigenvalue weighted by atomic mass is 9.91. The maximum atomic E-state index is 12.2. The zero-order valence-corrected chi connectivity index (χ0v) is 11.9. The number of hydrogen-bond donors (Lipinski definition) is 2. The van der Waals surface area contributed by atoms with E-state index in [4.69, 9.17) is 4.42 Å². The second-order valence-electron chi connectivity index (χ2n) is 5.07. The summed E-state index contributed by atoms with van der Waals surface area (Å²) in [5.74, 6) is 1.55.